The predicted molar refractivity (Wildman–Crippen MR) is 78.7 cm³/mol. The third kappa shape index (κ3) is 3.84. The summed E-state index contributed by atoms with van der Waals surface area (Å²) in [6.45, 7) is 3.99. The number of rotatable bonds is 6. The molecule has 1 aromatic heterocycles. The molecule has 0 aliphatic rings. The van der Waals surface area contributed by atoms with Gasteiger partial charge in [-0.1, -0.05) is 12.1 Å². The molecule has 4 nitrogen and oxygen atoms in total. The molecule has 1 atom stereocenters. The van der Waals surface area contributed by atoms with E-state index in [1.54, 1.807) is 6.20 Å². The molecule has 0 radical (unpaired) electrons. The smallest absolute Gasteiger partial charge is 0.119 e. The third-order valence-electron chi connectivity index (χ3n) is 3.23. The van der Waals surface area contributed by atoms with Gasteiger partial charge < -0.3 is 9.84 Å². The maximum atomic E-state index is 10.2. The van der Waals surface area contributed by atoms with E-state index in [9.17, 15) is 5.11 Å². The van der Waals surface area contributed by atoms with Gasteiger partial charge in [0.1, 0.15) is 5.75 Å². The van der Waals surface area contributed by atoms with Gasteiger partial charge in [-0.25, -0.2) is 0 Å². The van der Waals surface area contributed by atoms with Crippen LogP contribution in [0.2, 0.25) is 0 Å². The molecule has 2 rings (SSSR count). The fourth-order valence-corrected chi connectivity index (χ4v) is 2.14. The third-order valence-corrected chi connectivity index (χ3v) is 3.23. The van der Waals surface area contributed by atoms with Crippen molar-refractivity contribution in [3.05, 3.63) is 47.8 Å². The number of hydrogen-bond donors (Lipinski definition) is 1. The molecule has 1 N–H and O–H groups in total. The molecule has 0 amide bonds. The van der Waals surface area contributed by atoms with E-state index in [-0.39, 0.29) is 6.10 Å². The largest absolute Gasteiger partial charge is 0.491 e. The number of aromatic nitrogens is 2. The minimum absolute atomic E-state index is 0.163. The molecule has 4 heteroatoms. The zero-order valence-electron chi connectivity index (χ0n) is 12.3. The van der Waals surface area contributed by atoms with E-state index in [2.05, 4.69) is 5.10 Å². The quantitative estimate of drug-likeness (QED) is 0.881. The summed E-state index contributed by atoms with van der Waals surface area (Å²) in [6.07, 6.45) is 2.97. The highest BCUT2D eigenvalue weighted by atomic mass is 16.5. The van der Waals surface area contributed by atoms with E-state index in [4.69, 9.17) is 4.74 Å². The standard InChI is InChI=1S/C16H22N2O2/c1-12(2)20-15-7-4-13(5-8-15)16(19)9-6-14-10-11-17-18(14)3/h4-5,7-8,10-12,16,19H,6,9H2,1-3H3. The number of aryl methyl sites for hydroxylation is 2. The molecule has 0 spiro atoms. The van der Waals surface area contributed by atoms with Gasteiger partial charge >= 0.3 is 0 Å². The minimum Gasteiger partial charge on any atom is -0.491 e. The summed E-state index contributed by atoms with van der Waals surface area (Å²) >= 11 is 0. The van der Waals surface area contributed by atoms with E-state index < -0.39 is 6.10 Å². The second-order valence-electron chi connectivity index (χ2n) is 5.24. The molecular weight excluding hydrogens is 252 g/mol. The zero-order chi connectivity index (χ0) is 14.5. The van der Waals surface area contributed by atoms with E-state index in [1.165, 1.54) is 0 Å². The normalized spacial score (nSPS) is 12.7. The SMILES string of the molecule is CC(C)Oc1ccc(C(O)CCc2ccnn2C)cc1. The number of hydrogen-bond acceptors (Lipinski definition) is 3. The summed E-state index contributed by atoms with van der Waals surface area (Å²) in [6, 6.07) is 9.63. The summed E-state index contributed by atoms with van der Waals surface area (Å²) in [5.41, 5.74) is 2.05. The predicted octanol–water partition coefficient (Wildman–Crippen LogP) is 2.87. The lowest BCUT2D eigenvalue weighted by atomic mass is 10.0. The van der Waals surface area contributed by atoms with Gasteiger partial charge in [0.15, 0.2) is 0 Å². The summed E-state index contributed by atoms with van der Waals surface area (Å²) in [7, 11) is 1.92. The monoisotopic (exact) mass is 274 g/mol. The van der Waals surface area contributed by atoms with E-state index >= 15 is 0 Å². The fourth-order valence-electron chi connectivity index (χ4n) is 2.14. The van der Waals surface area contributed by atoms with Crippen LogP contribution in [0.3, 0.4) is 0 Å². The van der Waals surface area contributed by atoms with Crippen LogP contribution in [0.15, 0.2) is 36.5 Å². The first kappa shape index (κ1) is 14.6. The Balaban J connectivity index is 1.92. The average molecular weight is 274 g/mol. The molecule has 1 unspecified atom stereocenters. The maximum absolute atomic E-state index is 10.2. The second-order valence-corrected chi connectivity index (χ2v) is 5.24. The lowest BCUT2D eigenvalue weighted by molar-refractivity contribution is 0.167. The first-order valence-electron chi connectivity index (χ1n) is 6.98. The number of nitrogens with zero attached hydrogens (tertiary/aromatic N) is 2. The molecule has 0 saturated heterocycles. The van der Waals surface area contributed by atoms with Crippen molar-refractivity contribution >= 4 is 0 Å². The van der Waals surface area contributed by atoms with Crippen molar-refractivity contribution < 1.29 is 9.84 Å². The zero-order valence-corrected chi connectivity index (χ0v) is 12.3. The Hall–Kier alpha value is -1.81. The first-order chi connectivity index (χ1) is 9.56. The van der Waals surface area contributed by atoms with Crippen molar-refractivity contribution in [2.24, 2.45) is 7.05 Å². The molecule has 0 bridgehead atoms. The number of benzene rings is 1. The van der Waals surface area contributed by atoms with Crippen LogP contribution in [-0.2, 0) is 13.5 Å². The lowest BCUT2D eigenvalue weighted by Gasteiger charge is -2.13. The molecule has 108 valence electrons. The first-order valence-corrected chi connectivity index (χ1v) is 6.98. The summed E-state index contributed by atoms with van der Waals surface area (Å²) in [4.78, 5) is 0. The van der Waals surface area contributed by atoms with Gasteiger partial charge in [0.25, 0.3) is 0 Å². The molecule has 0 aliphatic heterocycles. The Morgan fingerprint density at radius 2 is 1.90 bits per heavy atom. The molecule has 0 saturated carbocycles. The van der Waals surface area contributed by atoms with E-state index in [1.807, 2.05) is 55.9 Å². The van der Waals surface area contributed by atoms with Crippen LogP contribution in [0.1, 0.15) is 37.6 Å². The summed E-state index contributed by atoms with van der Waals surface area (Å²) < 4.78 is 7.43. The van der Waals surface area contributed by atoms with Crippen LogP contribution in [0.4, 0.5) is 0 Å². The van der Waals surface area contributed by atoms with Crippen LogP contribution in [0, 0.1) is 0 Å². The molecule has 20 heavy (non-hydrogen) atoms. The Kier molecular flexibility index (Phi) is 4.79. The van der Waals surface area contributed by atoms with Crippen LogP contribution in [0.25, 0.3) is 0 Å². The maximum Gasteiger partial charge on any atom is 0.119 e. The van der Waals surface area contributed by atoms with Crippen molar-refractivity contribution in [2.75, 3.05) is 0 Å². The molecular formula is C16H22N2O2. The number of aliphatic hydroxyl groups excluding tert-OH is 1. The Morgan fingerprint density at radius 3 is 2.45 bits per heavy atom. The molecule has 0 aliphatic carbocycles. The number of aliphatic hydroxyl groups is 1. The van der Waals surface area contributed by atoms with Gasteiger partial charge in [-0.3, -0.25) is 4.68 Å². The van der Waals surface area contributed by atoms with Crippen molar-refractivity contribution in [1.82, 2.24) is 9.78 Å². The second kappa shape index (κ2) is 6.57. The topological polar surface area (TPSA) is 47.3 Å². The minimum atomic E-state index is -0.460. The van der Waals surface area contributed by atoms with Crippen LogP contribution < -0.4 is 4.74 Å². The van der Waals surface area contributed by atoms with Crippen LogP contribution in [-0.4, -0.2) is 21.0 Å². The highest BCUT2D eigenvalue weighted by Gasteiger charge is 2.09. The molecule has 2 aromatic rings. The Labute approximate surface area is 120 Å². The Bertz CT molecular complexity index is 532. The van der Waals surface area contributed by atoms with Gasteiger partial charge in [-0.15, -0.1) is 0 Å². The lowest BCUT2D eigenvalue weighted by Crippen LogP contribution is -2.06. The van der Waals surface area contributed by atoms with Gasteiger partial charge in [0.2, 0.25) is 0 Å². The van der Waals surface area contributed by atoms with Crippen LogP contribution >= 0.6 is 0 Å². The fraction of sp³-hybridized carbons (Fsp3) is 0.438. The number of ether oxygens (including phenoxy) is 1. The highest BCUT2D eigenvalue weighted by molar-refractivity contribution is 5.28. The summed E-state index contributed by atoms with van der Waals surface area (Å²) in [5.74, 6) is 0.836. The molecule has 1 aromatic carbocycles. The van der Waals surface area contributed by atoms with E-state index in [0.29, 0.717) is 6.42 Å². The average Bonchev–Trinajstić information content (AvgIpc) is 2.82. The Morgan fingerprint density at radius 1 is 1.20 bits per heavy atom. The van der Waals surface area contributed by atoms with Crippen LogP contribution in [0.5, 0.6) is 5.75 Å². The van der Waals surface area contributed by atoms with Gasteiger partial charge in [0.05, 0.1) is 12.2 Å². The van der Waals surface area contributed by atoms with Gasteiger partial charge in [-0.05, 0) is 50.5 Å². The highest BCUT2D eigenvalue weighted by Crippen LogP contribution is 2.22. The van der Waals surface area contributed by atoms with Crippen molar-refractivity contribution in [1.29, 1.82) is 0 Å². The van der Waals surface area contributed by atoms with Gasteiger partial charge in [0, 0.05) is 18.9 Å². The molecule has 1 heterocycles. The summed E-state index contributed by atoms with van der Waals surface area (Å²) in [5, 5.41) is 14.3. The van der Waals surface area contributed by atoms with E-state index in [0.717, 1.165) is 23.4 Å². The van der Waals surface area contributed by atoms with Gasteiger partial charge in [-0.2, -0.15) is 5.10 Å². The van der Waals surface area contributed by atoms with Crippen molar-refractivity contribution in [3.8, 4) is 5.75 Å². The van der Waals surface area contributed by atoms with Crippen molar-refractivity contribution in [3.63, 3.8) is 0 Å². The molecule has 0 fully saturated rings. The van der Waals surface area contributed by atoms with Crippen molar-refractivity contribution in [2.45, 2.75) is 38.9 Å².